The van der Waals surface area contributed by atoms with E-state index in [-0.39, 0.29) is 0 Å². The van der Waals surface area contributed by atoms with Crippen molar-refractivity contribution in [1.82, 2.24) is 14.6 Å². The Morgan fingerprint density at radius 3 is 2.71 bits per heavy atom. The maximum atomic E-state index is 4.58. The van der Waals surface area contributed by atoms with Crippen molar-refractivity contribution in [3.63, 3.8) is 0 Å². The molecule has 84 valence electrons. The Kier molecular flexibility index (Phi) is 2.18. The lowest BCUT2D eigenvalue weighted by Gasteiger charge is -1.95. The lowest BCUT2D eigenvalue weighted by molar-refractivity contribution is 0.960. The molecule has 3 rings (SSSR count). The highest BCUT2D eigenvalue weighted by Crippen LogP contribution is 2.18. The van der Waals surface area contributed by atoms with Gasteiger partial charge in [0.1, 0.15) is 0 Å². The van der Waals surface area contributed by atoms with E-state index in [0.29, 0.717) is 0 Å². The molecule has 0 fully saturated rings. The number of pyridine rings is 1. The van der Waals surface area contributed by atoms with Gasteiger partial charge in [0, 0.05) is 11.8 Å². The van der Waals surface area contributed by atoms with E-state index in [1.54, 1.807) is 0 Å². The fraction of sp³-hybridized carbons (Fsp3) is 0.143. The second kappa shape index (κ2) is 3.70. The summed E-state index contributed by atoms with van der Waals surface area (Å²) in [6.07, 6.45) is 1.93. The second-order valence-corrected chi connectivity index (χ2v) is 4.26. The molecule has 0 spiro atoms. The summed E-state index contributed by atoms with van der Waals surface area (Å²) < 4.78 is 1.83. The van der Waals surface area contributed by atoms with Crippen LogP contribution < -0.4 is 0 Å². The van der Waals surface area contributed by atoms with E-state index in [1.165, 1.54) is 5.56 Å². The van der Waals surface area contributed by atoms with E-state index >= 15 is 0 Å². The first-order chi connectivity index (χ1) is 8.24. The molecule has 2 heterocycles. The first-order valence-electron chi connectivity index (χ1n) is 5.63. The number of aromatic nitrogens is 3. The summed E-state index contributed by atoms with van der Waals surface area (Å²) in [6, 6.07) is 12.3. The average molecular weight is 223 g/mol. The van der Waals surface area contributed by atoms with Gasteiger partial charge in [0.15, 0.2) is 11.5 Å². The van der Waals surface area contributed by atoms with Gasteiger partial charge in [-0.3, -0.25) is 0 Å². The van der Waals surface area contributed by atoms with Crippen molar-refractivity contribution in [2.45, 2.75) is 13.8 Å². The van der Waals surface area contributed by atoms with Gasteiger partial charge in [-0.2, -0.15) is 0 Å². The van der Waals surface area contributed by atoms with E-state index in [9.17, 15) is 0 Å². The third-order valence-electron chi connectivity index (χ3n) is 2.83. The lowest BCUT2D eigenvalue weighted by Crippen LogP contribution is -1.87. The molecule has 0 aliphatic rings. The Hall–Kier alpha value is -2.16. The number of hydrogen-bond acceptors (Lipinski definition) is 2. The predicted octanol–water partition coefficient (Wildman–Crippen LogP) is 3.01. The Labute approximate surface area is 99.7 Å². The summed E-state index contributed by atoms with van der Waals surface area (Å²) in [7, 11) is 0. The molecule has 0 atom stereocenters. The number of nitrogens with zero attached hydrogens (tertiary/aromatic N) is 3. The summed E-state index contributed by atoms with van der Waals surface area (Å²) in [4.78, 5) is 4.58. The third-order valence-corrected chi connectivity index (χ3v) is 2.83. The van der Waals surface area contributed by atoms with Crippen molar-refractivity contribution in [3.05, 3.63) is 53.7 Å². The van der Waals surface area contributed by atoms with Crippen LogP contribution in [-0.2, 0) is 0 Å². The molecule has 0 aliphatic carbocycles. The Morgan fingerprint density at radius 2 is 1.94 bits per heavy atom. The largest absolute Gasteiger partial charge is 0.220 e. The molecule has 3 aromatic rings. The summed E-state index contributed by atoms with van der Waals surface area (Å²) in [5, 5.41) is 4.49. The van der Waals surface area contributed by atoms with Crippen LogP contribution >= 0.6 is 0 Å². The molecule has 3 nitrogen and oxygen atoms in total. The summed E-state index contributed by atoms with van der Waals surface area (Å²) in [5.41, 5.74) is 4.34. The van der Waals surface area contributed by atoms with Gasteiger partial charge in [-0.15, -0.1) is 5.10 Å². The molecular weight excluding hydrogens is 210 g/mol. The van der Waals surface area contributed by atoms with Crippen molar-refractivity contribution in [1.29, 1.82) is 0 Å². The number of fused-ring (bicyclic) bond motifs is 1. The van der Waals surface area contributed by atoms with Crippen LogP contribution in [0.4, 0.5) is 0 Å². The minimum atomic E-state index is 0.781. The first-order valence-corrected chi connectivity index (χ1v) is 5.63. The SMILES string of the molecule is Cc1cccc(-c2nc3c(C)cccn3n2)c1. The first kappa shape index (κ1) is 10.0. The fourth-order valence-electron chi connectivity index (χ4n) is 1.95. The fourth-order valence-corrected chi connectivity index (χ4v) is 1.95. The normalized spacial score (nSPS) is 10.9. The number of aryl methyl sites for hydroxylation is 2. The highest BCUT2D eigenvalue weighted by atomic mass is 15.3. The molecule has 0 unspecified atom stereocenters. The van der Waals surface area contributed by atoms with E-state index in [2.05, 4.69) is 29.1 Å². The summed E-state index contributed by atoms with van der Waals surface area (Å²) in [5.74, 6) is 0.781. The third kappa shape index (κ3) is 1.69. The van der Waals surface area contributed by atoms with Gasteiger partial charge >= 0.3 is 0 Å². The maximum absolute atomic E-state index is 4.58. The van der Waals surface area contributed by atoms with Gasteiger partial charge in [-0.1, -0.05) is 29.8 Å². The van der Waals surface area contributed by atoms with Crippen molar-refractivity contribution >= 4 is 5.65 Å². The minimum absolute atomic E-state index is 0.781. The standard InChI is InChI=1S/C14H13N3/c1-10-5-3-7-12(9-10)13-15-14-11(2)6-4-8-17(14)16-13/h3-9H,1-2H3. The average Bonchev–Trinajstić information content (AvgIpc) is 2.74. The number of rotatable bonds is 1. The van der Waals surface area contributed by atoms with Gasteiger partial charge in [-0.25, -0.2) is 9.50 Å². The molecule has 0 amide bonds. The Morgan fingerprint density at radius 1 is 1.06 bits per heavy atom. The number of hydrogen-bond donors (Lipinski definition) is 0. The van der Waals surface area contributed by atoms with Crippen LogP contribution in [-0.4, -0.2) is 14.6 Å². The van der Waals surface area contributed by atoms with Crippen LogP contribution in [0.25, 0.3) is 17.0 Å². The van der Waals surface area contributed by atoms with Crippen molar-refractivity contribution in [2.75, 3.05) is 0 Å². The molecule has 17 heavy (non-hydrogen) atoms. The second-order valence-electron chi connectivity index (χ2n) is 4.26. The van der Waals surface area contributed by atoms with Crippen LogP contribution in [0.15, 0.2) is 42.6 Å². The van der Waals surface area contributed by atoms with Gasteiger partial charge in [0.2, 0.25) is 0 Å². The molecular formula is C14H13N3. The van der Waals surface area contributed by atoms with Crippen LogP contribution in [0.2, 0.25) is 0 Å². The van der Waals surface area contributed by atoms with Crippen LogP contribution in [0.3, 0.4) is 0 Å². The molecule has 2 aromatic heterocycles. The Balaban J connectivity index is 2.22. The van der Waals surface area contributed by atoms with E-state index in [4.69, 9.17) is 0 Å². The topological polar surface area (TPSA) is 30.2 Å². The summed E-state index contributed by atoms with van der Waals surface area (Å²) >= 11 is 0. The molecule has 3 heteroatoms. The van der Waals surface area contributed by atoms with Crippen molar-refractivity contribution in [3.8, 4) is 11.4 Å². The highest BCUT2D eigenvalue weighted by Gasteiger charge is 2.07. The lowest BCUT2D eigenvalue weighted by atomic mass is 10.1. The number of benzene rings is 1. The maximum Gasteiger partial charge on any atom is 0.182 e. The van der Waals surface area contributed by atoms with Crippen LogP contribution in [0, 0.1) is 13.8 Å². The quantitative estimate of drug-likeness (QED) is 0.634. The van der Waals surface area contributed by atoms with Crippen LogP contribution in [0.1, 0.15) is 11.1 Å². The van der Waals surface area contributed by atoms with Gasteiger partial charge < -0.3 is 0 Å². The van der Waals surface area contributed by atoms with E-state index in [1.807, 2.05) is 41.9 Å². The Bertz CT molecular complexity index is 683. The van der Waals surface area contributed by atoms with Crippen LogP contribution in [0.5, 0.6) is 0 Å². The molecule has 0 bridgehead atoms. The zero-order valence-electron chi connectivity index (χ0n) is 9.88. The van der Waals surface area contributed by atoms with Gasteiger partial charge in [-0.05, 0) is 31.5 Å². The van der Waals surface area contributed by atoms with E-state index in [0.717, 1.165) is 22.6 Å². The molecule has 0 aliphatic heterocycles. The molecule has 0 saturated heterocycles. The van der Waals surface area contributed by atoms with Crippen molar-refractivity contribution in [2.24, 2.45) is 0 Å². The molecule has 1 aromatic carbocycles. The zero-order valence-corrected chi connectivity index (χ0v) is 9.88. The van der Waals surface area contributed by atoms with E-state index < -0.39 is 0 Å². The zero-order chi connectivity index (χ0) is 11.8. The summed E-state index contributed by atoms with van der Waals surface area (Å²) in [6.45, 7) is 4.12. The molecule has 0 N–H and O–H groups in total. The van der Waals surface area contributed by atoms with Crippen molar-refractivity contribution < 1.29 is 0 Å². The molecule has 0 saturated carbocycles. The van der Waals surface area contributed by atoms with Gasteiger partial charge in [0.25, 0.3) is 0 Å². The smallest absolute Gasteiger partial charge is 0.182 e. The van der Waals surface area contributed by atoms with Gasteiger partial charge in [0.05, 0.1) is 0 Å². The molecule has 0 radical (unpaired) electrons. The minimum Gasteiger partial charge on any atom is -0.220 e. The highest BCUT2D eigenvalue weighted by molar-refractivity contribution is 5.60. The monoisotopic (exact) mass is 223 g/mol. The predicted molar refractivity (Wildman–Crippen MR) is 67.9 cm³/mol.